The first kappa shape index (κ1) is 15.1. The number of amides is 1. The molecule has 1 aliphatic carbocycles. The van der Waals surface area contributed by atoms with Crippen LogP contribution in [0.4, 0.5) is 5.69 Å². The number of carbonyl (C=O) groups is 1. The van der Waals surface area contributed by atoms with Crippen molar-refractivity contribution in [2.45, 2.75) is 31.1 Å². The van der Waals surface area contributed by atoms with E-state index < -0.39 is 9.05 Å². The van der Waals surface area contributed by atoms with Gasteiger partial charge in [0.25, 0.3) is 9.05 Å². The van der Waals surface area contributed by atoms with Crippen molar-refractivity contribution in [3.63, 3.8) is 0 Å². The molecule has 5 nitrogen and oxygen atoms in total. The first-order chi connectivity index (χ1) is 9.31. The van der Waals surface area contributed by atoms with E-state index in [1.54, 1.807) is 13.0 Å². The Morgan fingerprint density at radius 3 is 2.60 bits per heavy atom. The lowest BCUT2D eigenvalue weighted by Crippen LogP contribution is -2.14. The largest absolute Gasteiger partial charge is 0.493 e. The topological polar surface area (TPSA) is 72.5 Å². The Morgan fingerprint density at radius 2 is 2.10 bits per heavy atom. The Kier molecular flexibility index (Phi) is 4.25. The summed E-state index contributed by atoms with van der Waals surface area (Å²) in [5, 5.41) is 2.70. The van der Waals surface area contributed by atoms with Crippen LogP contribution in [0.1, 0.15) is 24.8 Å². The SMILES string of the molecule is COc1c(NC(=O)CC2CC2)cc(C)cc1S(=O)(=O)Cl. The van der Waals surface area contributed by atoms with Crippen LogP contribution in [0.15, 0.2) is 17.0 Å². The Morgan fingerprint density at radius 1 is 1.45 bits per heavy atom. The molecular weight excluding hydrogens is 302 g/mol. The summed E-state index contributed by atoms with van der Waals surface area (Å²) in [6, 6.07) is 3.08. The molecule has 1 aliphatic rings. The number of halogens is 1. The number of benzene rings is 1. The van der Waals surface area contributed by atoms with Gasteiger partial charge in [-0.1, -0.05) is 0 Å². The minimum absolute atomic E-state index is 0.0646. The van der Waals surface area contributed by atoms with Gasteiger partial charge in [0.05, 0.1) is 12.8 Å². The number of carbonyl (C=O) groups excluding carboxylic acids is 1. The molecular formula is C13H16ClNO4S. The molecule has 0 bridgehead atoms. The third-order valence-electron chi connectivity index (χ3n) is 3.11. The highest BCUT2D eigenvalue weighted by Crippen LogP contribution is 2.37. The summed E-state index contributed by atoms with van der Waals surface area (Å²) in [5.74, 6) is 0.367. The lowest BCUT2D eigenvalue weighted by atomic mass is 10.2. The number of ether oxygens (including phenoxy) is 1. The van der Waals surface area contributed by atoms with Crippen LogP contribution in [0.2, 0.25) is 0 Å². The average molecular weight is 318 g/mol. The predicted molar refractivity (Wildman–Crippen MR) is 76.7 cm³/mol. The Labute approximate surface area is 122 Å². The molecule has 7 heteroatoms. The normalized spacial score (nSPS) is 14.9. The molecule has 1 aromatic rings. The maximum absolute atomic E-state index is 11.9. The van der Waals surface area contributed by atoms with E-state index in [9.17, 15) is 13.2 Å². The minimum atomic E-state index is -3.94. The summed E-state index contributed by atoms with van der Waals surface area (Å²) >= 11 is 0. The summed E-state index contributed by atoms with van der Waals surface area (Å²) in [6.45, 7) is 1.72. The van der Waals surface area contributed by atoms with Gasteiger partial charge >= 0.3 is 0 Å². The van der Waals surface area contributed by atoms with Gasteiger partial charge in [-0.3, -0.25) is 4.79 Å². The zero-order chi connectivity index (χ0) is 14.9. The van der Waals surface area contributed by atoms with E-state index in [0.29, 0.717) is 23.6 Å². The van der Waals surface area contributed by atoms with Crippen LogP contribution >= 0.6 is 10.7 Å². The van der Waals surface area contributed by atoms with Crippen LogP contribution in [0, 0.1) is 12.8 Å². The average Bonchev–Trinajstić information content (AvgIpc) is 3.10. The van der Waals surface area contributed by atoms with Gasteiger partial charge in [-0.2, -0.15) is 0 Å². The molecule has 2 rings (SSSR count). The maximum Gasteiger partial charge on any atom is 0.265 e. The van der Waals surface area contributed by atoms with E-state index in [2.05, 4.69) is 5.32 Å². The zero-order valence-corrected chi connectivity index (χ0v) is 12.8. The number of aryl methyl sites for hydroxylation is 1. The van der Waals surface area contributed by atoms with Gasteiger partial charge in [0.15, 0.2) is 5.75 Å². The molecule has 0 unspecified atom stereocenters. The maximum atomic E-state index is 11.9. The van der Waals surface area contributed by atoms with Crippen molar-refractivity contribution in [1.29, 1.82) is 0 Å². The molecule has 0 radical (unpaired) electrons. The first-order valence-corrected chi connectivity index (χ1v) is 8.55. The van der Waals surface area contributed by atoms with E-state index in [1.165, 1.54) is 13.2 Å². The lowest BCUT2D eigenvalue weighted by molar-refractivity contribution is -0.116. The Balaban J connectivity index is 2.35. The highest BCUT2D eigenvalue weighted by molar-refractivity contribution is 8.13. The molecule has 0 spiro atoms. The first-order valence-electron chi connectivity index (χ1n) is 6.24. The minimum Gasteiger partial charge on any atom is -0.493 e. The molecule has 1 saturated carbocycles. The molecule has 1 amide bonds. The summed E-state index contributed by atoms with van der Waals surface area (Å²) < 4.78 is 28.2. The lowest BCUT2D eigenvalue weighted by Gasteiger charge is -2.14. The van der Waals surface area contributed by atoms with Gasteiger partial charge in [0, 0.05) is 17.1 Å². The van der Waals surface area contributed by atoms with Gasteiger partial charge in [-0.25, -0.2) is 8.42 Å². The Bertz CT molecular complexity index is 638. The highest BCUT2D eigenvalue weighted by atomic mass is 35.7. The van der Waals surface area contributed by atoms with Crippen molar-refractivity contribution in [1.82, 2.24) is 0 Å². The molecule has 1 aromatic carbocycles. The molecule has 0 aliphatic heterocycles. The fourth-order valence-corrected chi connectivity index (χ4v) is 3.10. The van der Waals surface area contributed by atoms with Crippen LogP contribution in [0.25, 0.3) is 0 Å². The monoisotopic (exact) mass is 317 g/mol. The molecule has 0 heterocycles. The number of anilines is 1. The molecule has 1 N–H and O–H groups in total. The zero-order valence-electron chi connectivity index (χ0n) is 11.3. The second-order valence-electron chi connectivity index (χ2n) is 4.98. The fraction of sp³-hybridized carbons (Fsp3) is 0.462. The van der Waals surface area contributed by atoms with Crippen molar-refractivity contribution in [2.24, 2.45) is 5.92 Å². The highest BCUT2D eigenvalue weighted by Gasteiger charge is 2.26. The molecule has 1 fully saturated rings. The summed E-state index contributed by atoms with van der Waals surface area (Å²) in [5.41, 5.74) is 1.00. The quantitative estimate of drug-likeness (QED) is 0.847. The van der Waals surface area contributed by atoms with Crippen molar-refractivity contribution in [2.75, 3.05) is 12.4 Å². The van der Waals surface area contributed by atoms with E-state index in [0.717, 1.165) is 12.8 Å². The standard InChI is InChI=1S/C13H16ClNO4S/c1-8-5-10(15-12(16)7-9-3-4-9)13(19-2)11(6-8)20(14,17)18/h5-6,9H,3-4,7H2,1-2H3,(H,15,16). The van der Waals surface area contributed by atoms with Crippen molar-refractivity contribution in [3.8, 4) is 5.75 Å². The van der Waals surface area contributed by atoms with E-state index in [-0.39, 0.29) is 16.6 Å². The van der Waals surface area contributed by atoms with Crippen LogP contribution in [0.3, 0.4) is 0 Å². The third-order valence-corrected chi connectivity index (χ3v) is 4.44. The molecule has 110 valence electrons. The molecule has 20 heavy (non-hydrogen) atoms. The van der Waals surface area contributed by atoms with Crippen LogP contribution < -0.4 is 10.1 Å². The molecule has 0 saturated heterocycles. The van der Waals surface area contributed by atoms with E-state index in [4.69, 9.17) is 15.4 Å². The smallest absolute Gasteiger partial charge is 0.265 e. The van der Waals surface area contributed by atoms with Gasteiger partial charge in [0.2, 0.25) is 5.91 Å². The predicted octanol–water partition coefficient (Wildman–Crippen LogP) is 2.67. The van der Waals surface area contributed by atoms with Crippen molar-refractivity contribution >= 4 is 31.3 Å². The van der Waals surface area contributed by atoms with Gasteiger partial charge in [-0.15, -0.1) is 0 Å². The Hall–Kier alpha value is -1.27. The summed E-state index contributed by atoms with van der Waals surface area (Å²) in [6.07, 6.45) is 2.58. The van der Waals surface area contributed by atoms with Gasteiger partial charge in [-0.05, 0) is 43.4 Å². The van der Waals surface area contributed by atoms with Gasteiger partial charge < -0.3 is 10.1 Å². The summed E-state index contributed by atoms with van der Waals surface area (Å²) in [7, 11) is 2.80. The number of nitrogens with one attached hydrogen (secondary N) is 1. The van der Waals surface area contributed by atoms with Gasteiger partial charge in [0.1, 0.15) is 4.90 Å². The van der Waals surface area contributed by atoms with E-state index >= 15 is 0 Å². The number of rotatable bonds is 5. The summed E-state index contributed by atoms with van der Waals surface area (Å²) in [4.78, 5) is 11.7. The second-order valence-corrected chi connectivity index (χ2v) is 7.51. The van der Waals surface area contributed by atoms with E-state index in [1.807, 2.05) is 0 Å². The second kappa shape index (κ2) is 5.61. The fourth-order valence-electron chi connectivity index (χ4n) is 2.01. The van der Waals surface area contributed by atoms with Crippen LogP contribution in [-0.4, -0.2) is 21.4 Å². The number of methoxy groups -OCH3 is 1. The van der Waals surface area contributed by atoms with Crippen molar-refractivity contribution < 1.29 is 17.9 Å². The molecule has 0 atom stereocenters. The van der Waals surface area contributed by atoms with Crippen LogP contribution in [0.5, 0.6) is 5.75 Å². The number of hydrogen-bond acceptors (Lipinski definition) is 4. The molecule has 0 aromatic heterocycles. The van der Waals surface area contributed by atoms with Crippen LogP contribution in [-0.2, 0) is 13.8 Å². The number of hydrogen-bond donors (Lipinski definition) is 1. The van der Waals surface area contributed by atoms with Crippen molar-refractivity contribution in [3.05, 3.63) is 17.7 Å². The third kappa shape index (κ3) is 3.64.